The topological polar surface area (TPSA) is 80.0 Å². The van der Waals surface area contributed by atoms with Gasteiger partial charge in [0.1, 0.15) is 6.04 Å². The summed E-state index contributed by atoms with van der Waals surface area (Å²) in [7, 11) is 0. The molecule has 0 unspecified atom stereocenters. The minimum absolute atomic E-state index is 0.335. The van der Waals surface area contributed by atoms with Crippen LogP contribution in [0.2, 0.25) is 10.0 Å². The van der Waals surface area contributed by atoms with Crippen molar-refractivity contribution in [1.82, 2.24) is 20.3 Å². The van der Waals surface area contributed by atoms with Gasteiger partial charge in [-0.25, -0.2) is 4.68 Å². The molecule has 8 heteroatoms. The number of carboxylic acid groups (broad SMARTS) is 1. The van der Waals surface area contributed by atoms with Crippen LogP contribution in [0.1, 0.15) is 31.9 Å². The Hall–Kier alpha value is -1.63. The second-order valence-corrected chi connectivity index (χ2v) is 5.98. The number of benzene rings is 1. The Kier molecular flexibility index (Phi) is 6.38. The zero-order valence-corrected chi connectivity index (χ0v) is 14.2. The van der Waals surface area contributed by atoms with Gasteiger partial charge in [-0.05, 0) is 24.6 Å². The molecule has 124 valence electrons. The summed E-state index contributed by atoms with van der Waals surface area (Å²) >= 11 is 11.9. The first-order valence-corrected chi connectivity index (χ1v) is 8.09. The largest absolute Gasteiger partial charge is 0.480 e. The van der Waals surface area contributed by atoms with Gasteiger partial charge in [0.2, 0.25) is 0 Å². The number of hydrogen-bond donors (Lipinski definition) is 2. The molecular formula is C15H18Cl2N4O2. The predicted molar refractivity (Wildman–Crippen MR) is 89.2 cm³/mol. The van der Waals surface area contributed by atoms with E-state index in [4.69, 9.17) is 23.2 Å². The smallest absolute Gasteiger partial charge is 0.320 e. The Balaban J connectivity index is 2.01. The Morgan fingerprint density at radius 1 is 1.39 bits per heavy atom. The maximum absolute atomic E-state index is 11.2. The van der Waals surface area contributed by atoms with Crippen LogP contribution in [0.15, 0.2) is 24.4 Å². The normalized spacial score (nSPS) is 12.3. The summed E-state index contributed by atoms with van der Waals surface area (Å²) < 4.78 is 1.57. The Morgan fingerprint density at radius 3 is 2.83 bits per heavy atom. The lowest BCUT2D eigenvalue weighted by molar-refractivity contribution is -0.139. The second kappa shape index (κ2) is 8.29. The van der Waals surface area contributed by atoms with Crippen molar-refractivity contribution in [3.63, 3.8) is 0 Å². The average molecular weight is 357 g/mol. The number of aromatic nitrogens is 3. The summed E-state index contributed by atoms with van der Waals surface area (Å²) in [5, 5.41) is 21.1. The zero-order valence-electron chi connectivity index (χ0n) is 12.7. The monoisotopic (exact) mass is 356 g/mol. The minimum Gasteiger partial charge on any atom is -0.480 e. The molecule has 0 saturated heterocycles. The summed E-state index contributed by atoms with van der Waals surface area (Å²) in [4.78, 5) is 11.2. The van der Waals surface area contributed by atoms with Crippen LogP contribution < -0.4 is 5.32 Å². The van der Waals surface area contributed by atoms with Gasteiger partial charge in [0.15, 0.2) is 0 Å². The van der Waals surface area contributed by atoms with Gasteiger partial charge in [0.25, 0.3) is 0 Å². The van der Waals surface area contributed by atoms with E-state index in [1.807, 2.05) is 6.92 Å². The maximum Gasteiger partial charge on any atom is 0.320 e. The number of carbonyl (C=O) groups is 1. The van der Waals surface area contributed by atoms with Crippen LogP contribution in [0.3, 0.4) is 0 Å². The van der Waals surface area contributed by atoms with Gasteiger partial charge in [0.05, 0.1) is 27.6 Å². The highest BCUT2D eigenvalue weighted by atomic mass is 35.5. The van der Waals surface area contributed by atoms with Crippen molar-refractivity contribution in [2.24, 2.45) is 0 Å². The molecule has 0 aliphatic rings. The number of halogens is 2. The van der Waals surface area contributed by atoms with Crippen molar-refractivity contribution in [3.8, 4) is 5.69 Å². The summed E-state index contributed by atoms with van der Waals surface area (Å²) in [6.45, 7) is 2.36. The molecule has 0 aliphatic heterocycles. The zero-order chi connectivity index (χ0) is 16.8. The van der Waals surface area contributed by atoms with Crippen LogP contribution in [0.25, 0.3) is 5.69 Å². The third-order valence-corrected chi connectivity index (χ3v) is 4.12. The van der Waals surface area contributed by atoms with Crippen LogP contribution in [0.4, 0.5) is 0 Å². The molecular weight excluding hydrogens is 339 g/mol. The van der Waals surface area contributed by atoms with E-state index in [0.717, 1.165) is 18.5 Å². The molecule has 2 N–H and O–H groups in total. The van der Waals surface area contributed by atoms with Gasteiger partial charge in [-0.1, -0.05) is 48.2 Å². The highest BCUT2D eigenvalue weighted by molar-refractivity contribution is 6.42. The van der Waals surface area contributed by atoms with Crippen molar-refractivity contribution >= 4 is 29.2 Å². The van der Waals surface area contributed by atoms with Crippen LogP contribution in [-0.2, 0) is 11.3 Å². The van der Waals surface area contributed by atoms with Crippen molar-refractivity contribution < 1.29 is 9.90 Å². The van der Waals surface area contributed by atoms with Gasteiger partial charge < -0.3 is 5.11 Å². The van der Waals surface area contributed by atoms with E-state index in [1.165, 1.54) is 0 Å². The molecule has 1 atom stereocenters. The summed E-state index contributed by atoms with van der Waals surface area (Å²) in [5.74, 6) is -0.852. The Bertz CT molecular complexity index is 675. The van der Waals surface area contributed by atoms with E-state index in [-0.39, 0.29) is 0 Å². The number of aliphatic carboxylic acids is 1. The third-order valence-electron chi connectivity index (χ3n) is 3.38. The molecule has 0 saturated carbocycles. The number of hydrogen-bond acceptors (Lipinski definition) is 4. The van der Waals surface area contributed by atoms with Crippen molar-refractivity contribution in [1.29, 1.82) is 0 Å². The van der Waals surface area contributed by atoms with Gasteiger partial charge in [-0.2, -0.15) is 0 Å². The summed E-state index contributed by atoms with van der Waals surface area (Å²) in [6, 6.07) is 4.58. The molecule has 1 aromatic heterocycles. The van der Waals surface area contributed by atoms with Crippen LogP contribution in [0, 0.1) is 0 Å². The third kappa shape index (κ3) is 4.92. The van der Waals surface area contributed by atoms with Crippen molar-refractivity contribution in [2.45, 2.75) is 38.8 Å². The Labute approximate surface area is 144 Å². The van der Waals surface area contributed by atoms with E-state index >= 15 is 0 Å². The fourth-order valence-corrected chi connectivity index (χ4v) is 2.37. The molecule has 1 heterocycles. The molecule has 0 radical (unpaired) electrons. The van der Waals surface area contributed by atoms with Gasteiger partial charge >= 0.3 is 5.97 Å². The van der Waals surface area contributed by atoms with E-state index in [1.54, 1.807) is 29.1 Å². The van der Waals surface area contributed by atoms with Gasteiger partial charge in [0, 0.05) is 6.54 Å². The number of nitrogens with zero attached hydrogens (tertiary/aromatic N) is 3. The lowest BCUT2D eigenvalue weighted by Crippen LogP contribution is -2.36. The first-order valence-electron chi connectivity index (χ1n) is 7.34. The van der Waals surface area contributed by atoms with Crippen LogP contribution in [0.5, 0.6) is 0 Å². The number of nitrogens with one attached hydrogen (secondary N) is 1. The second-order valence-electron chi connectivity index (χ2n) is 5.17. The molecule has 0 fully saturated rings. The van der Waals surface area contributed by atoms with E-state index in [0.29, 0.717) is 28.7 Å². The van der Waals surface area contributed by atoms with Crippen molar-refractivity contribution in [3.05, 3.63) is 40.1 Å². The molecule has 0 spiro atoms. The molecule has 0 amide bonds. The first kappa shape index (κ1) is 17.7. The predicted octanol–water partition coefficient (Wildman–Crippen LogP) is 3.31. The van der Waals surface area contributed by atoms with Crippen LogP contribution in [-0.4, -0.2) is 32.1 Å². The highest BCUT2D eigenvalue weighted by Gasteiger charge is 2.16. The van der Waals surface area contributed by atoms with Crippen molar-refractivity contribution in [2.75, 3.05) is 0 Å². The fourth-order valence-electron chi connectivity index (χ4n) is 2.08. The van der Waals surface area contributed by atoms with Gasteiger partial charge in [-0.3, -0.25) is 10.1 Å². The molecule has 6 nitrogen and oxygen atoms in total. The summed E-state index contributed by atoms with van der Waals surface area (Å²) in [5.41, 5.74) is 1.39. The molecule has 2 aromatic rings. The Morgan fingerprint density at radius 2 is 2.17 bits per heavy atom. The lowest BCUT2D eigenvalue weighted by atomic mass is 10.1. The SMILES string of the molecule is CCCC[C@H](NCc1cn(-c2ccc(Cl)c(Cl)c2)nn1)C(=O)O. The average Bonchev–Trinajstić information content (AvgIpc) is 2.98. The molecule has 1 aromatic carbocycles. The summed E-state index contributed by atoms with van der Waals surface area (Å²) in [6.07, 6.45) is 4.14. The first-order chi connectivity index (χ1) is 11.0. The molecule has 23 heavy (non-hydrogen) atoms. The fraction of sp³-hybridized carbons (Fsp3) is 0.400. The molecule has 0 bridgehead atoms. The maximum atomic E-state index is 11.2. The quantitative estimate of drug-likeness (QED) is 0.758. The van der Waals surface area contributed by atoms with E-state index in [2.05, 4.69) is 15.6 Å². The van der Waals surface area contributed by atoms with E-state index < -0.39 is 12.0 Å². The highest BCUT2D eigenvalue weighted by Crippen LogP contribution is 2.24. The van der Waals surface area contributed by atoms with Crippen LogP contribution >= 0.6 is 23.2 Å². The van der Waals surface area contributed by atoms with E-state index in [9.17, 15) is 9.90 Å². The molecule has 0 aliphatic carbocycles. The number of rotatable bonds is 8. The lowest BCUT2D eigenvalue weighted by Gasteiger charge is -2.12. The number of unbranched alkanes of at least 4 members (excludes halogenated alkanes) is 1. The standard InChI is InChI=1S/C15H18Cl2N4O2/c1-2-3-4-14(15(22)23)18-8-10-9-21(20-19-10)11-5-6-12(16)13(17)7-11/h5-7,9,14,18H,2-4,8H2,1H3,(H,22,23)/t14-/m0/s1. The molecule has 2 rings (SSSR count). The minimum atomic E-state index is -0.852. The van der Waals surface area contributed by atoms with Gasteiger partial charge in [-0.15, -0.1) is 5.10 Å². The number of carboxylic acids is 1.